The predicted octanol–water partition coefficient (Wildman–Crippen LogP) is 5.75. The number of pyridine rings is 1. The molecule has 154 valence electrons. The molecule has 4 N–H and O–H groups in total. The summed E-state index contributed by atoms with van der Waals surface area (Å²) in [4.78, 5) is 27.7. The molecule has 2 rings (SSSR count). The van der Waals surface area contributed by atoms with Gasteiger partial charge in [-0.15, -0.1) is 0 Å². The molecule has 1 heterocycles. The van der Waals surface area contributed by atoms with Crippen molar-refractivity contribution in [2.45, 2.75) is 84.0 Å². The van der Waals surface area contributed by atoms with E-state index in [1.807, 2.05) is 6.07 Å². The Bertz CT molecular complexity index is 798. The van der Waals surface area contributed by atoms with Crippen LogP contribution in [0.25, 0.3) is 10.9 Å². The molecule has 5 nitrogen and oxygen atoms in total. The summed E-state index contributed by atoms with van der Waals surface area (Å²) >= 11 is 0. The van der Waals surface area contributed by atoms with E-state index in [2.05, 4.69) is 17.2 Å². The molecule has 0 fully saturated rings. The zero-order valence-electron chi connectivity index (χ0n) is 17.2. The van der Waals surface area contributed by atoms with Crippen molar-refractivity contribution in [2.75, 3.05) is 11.1 Å². The van der Waals surface area contributed by atoms with Gasteiger partial charge in [0.15, 0.2) is 0 Å². The number of rotatable bonds is 13. The van der Waals surface area contributed by atoms with Crippen LogP contribution in [-0.4, -0.2) is 10.9 Å². The van der Waals surface area contributed by atoms with Crippen LogP contribution in [0.2, 0.25) is 0 Å². The molecule has 2 aromatic rings. The first-order chi connectivity index (χ1) is 13.6. The molecule has 0 atom stereocenters. The Labute approximate surface area is 168 Å². The van der Waals surface area contributed by atoms with Crippen LogP contribution in [0.4, 0.5) is 11.5 Å². The van der Waals surface area contributed by atoms with Crippen molar-refractivity contribution in [3.05, 3.63) is 34.5 Å². The third kappa shape index (κ3) is 7.02. The molecular weight excluding hydrogens is 350 g/mol. The van der Waals surface area contributed by atoms with Crippen LogP contribution in [0.3, 0.4) is 0 Å². The van der Waals surface area contributed by atoms with Gasteiger partial charge >= 0.3 is 0 Å². The smallest absolute Gasteiger partial charge is 0.224 e. The van der Waals surface area contributed by atoms with E-state index in [1.54, 1.807) is 18.2 Å². The van der Waals surface area contributed by atoms with Crippen LogP contribution in [-0.2, 0) is 4.79 Å². The SMILES string of the molecule is CCCCCCCCCCCCCC(=O)Nc1c(N)[nH]c2ccccc2c1=O. The minimum Gasteiger partial charge on any atom is -0.383 e. The molecule has 1 aromatic carbocycles. The highest BCUT2D eigenvalue weighted by Gasteiger charge is 2.12. The van der Waals surface area contributed by atoms with Crippen LogP contribution in [0.5, 0.6) is 0 Å². The van der Waals surface area contributed by atoms with E-state index < -0.39 is 0 Å². The van der Waals surface area contributed by atoms with Crippen molar-refractivity contribution >= 4 is 28.3 Å². The lowest BCUT2D eigenvalue weighted by molar-refractivity contribution is -0.116. The number of nitrogen functional groups attached to an aromatic ring is 1. The van der Waals surface area contributed by atoms with Crippen molar-refractivity contribution in [3.8, 4) is 0 Å². The van der Waals surface area contributed by atoms with Crippen molar-refractivity contribution < 1.29 is 4.79 Å². The molecule has 0 aliphatic carbocycles. The fourth-order valence-corrected chi connectivity index (χ4v) is 3.53. The minimum atomic E-state index is -0.237. The number of unbranched alkanes of at least 4 members (excludes halogenated alkanes) is 10. The summed E-state index contributed by atoms with van der Waals surface area (Å²) in [7, 11) is 0. The summed E-state index contributed by atoms with van der Waals surface area (Å²) in [6.45, 7) is 2.25. The van der Waals surface area contributed by atoms with Crippen LogP contribution < -0.4 is 16.5 Å². The highest BCUT2D eigenvalue weighted by atomic mass is 16.2. The van der Waals surface area contributed by atoms with Gasteiger partial charge in [-0.1, -0.05) is 83.3 Å². The maximum atomic E-state index is 12.5. The molecule has 1 aromatic heterocycles. The second-order valence-electron chi connectivity index (χ2n) is 7.62. The quantitative estimate of drug-likeness (QED) is 0.384. The number of hydrogen-bond acceptors (Lipinski definition) is 3. The van der Waals surface area contributed by atoms with Gasteiger partial charge in [-0.25, -0.2) is 0 Å². The molecule has 0 saturated carbocycles. The first-order valence-corrected chi connectivity index (χ1v) is 10.8. The van der Waals surface area contributed by atoms with Gasteiger partial charge in [0, 0.05) is 11.8 Å². The number of hydrogen-bond donors (Lipinski definition) is 3. The van der Waals surface area contributed by atoms with Crippen LogP contribution >= 0.6 is 0 Å². The third-order valence-corrected chi connectivity index (χ3v) is 5.21. The van der Waals surface area contributed by atoms with Crippen molar-refractivity contribution in [1.82, 2.24) is 4.98 Å². The Hall–Kier alpha value is -2.30. The fourth-order valence-electron chi connectivity index (χ4n) is 3.53. The van der Waals surface area contributed by atoms with Gasteiger partial charge in [0.25, 0.3) is 0 Å². The van der Waals surface area contributed by atoms with Gasteiger partial charge in [-0.2, -0.15) is 0 Å². The fraction of sp³-hybridized carbons (Fsp3) is 0.565. The molecule has 5 heteroatoms. The number of aromatic nitrogens is 1. The molecule has 0 unspecified atom stereocenters. The van der Waals surface area contributed by atoms with Gasteiger partial charge in [-0.3, -0.25) is 9.59 Å². The zero-order chi connectivity index (χ0) is 20.2. The van der Waals surface area contributed by atoms with E-state index in [-0.39, 0.29) is 22.8 Å². The van der Waals surface area contributed by atoms with Crippen LogP contribution in [0.15, 0.2) is 29.1 Å². The highest BCUT2D eigenvalue weighted by molar-refractivity contribution is 5.96. The Morgan fingerprint density at radius 2 is 1.50 bits per heavy atom. The van der Waals surface area contributed by atoms with Crippen molar-refractivity contribution in [2.24, 2.45) is 0 Å². The van der Waals surface area contributed by atoms with Crippen LogP contribution in [0.1, 0.15) is 84.0 Å². The summed E-state index contributed by atoms with van der Waals surface area (Å²) in [6, 6.07) is 7.16. The lowest BCUT2D eigenvalue weighted by atomic mass is 10.1. The number of para-hydroxylation sites is 1. The summed E-state index contributed by atoms with van der Waals surface area (Å²) < 4.78 is 0. The second-order valence-corrected chi connectivity index (χ2v) is 7.62. The van der Waals surface area contributed by atoms with E-state index in [4.69, 9.17) is 5.73 Å². The number of anilines is 2. The van der Waals surface area contributed by atoms with Crippen molar-refractivity contribution in [3.63, 3.8) is 0 Å². The van der Waals surface area contributed by atoms with Gasteiger partial charge in [0.2, 0.25) is 11.3 Å². The van der Waals surface area contributed by atoms with Crippen molar-refractivity contribution in [1.29, 1.82) is 0 Å². The number of carbonyl (C=O) groups excluding carboxylic acids is 1. The number of aromatic amines is 1. The standard InChI is InChI=1S/C23H35N3O2/c1-2-3-4-5-6-7-8-9-10-11-12-17-20(27)26-21-22(28)18-15-13-14-16-19(18)25-23(21)24/h13-16H,2-12,17H2,1H3,(H,26,27)(H3,24,25,28). The normalized spacial score (nSPS) is 11.0. The summed E-state index contributed by atoms with van der Waals surface area (Å²) in [5.74, 6) is 0.0550. The Morgan fingerprint density at radius 3 is 2.14 bits per heavy atom. The average Bonchev–Trinajstić information content (AvgIpc) is 2.69. The Kier molecular flexibility index (Phi) is 9.60. The number of nitrogens with one attached hydrogen (secondary N) is 2. The number of benzene rings is 1. The number of nitrogens with two attached hydrogens (primary N) is 1. The maximum Gasteiger partial charge on any atom is 0.224 e. The monoisotopic (exact) mass is 385 g/mol. The van der Waals surface area contributed by atoms with E-state index >= 15 is 0 Å². The third-order valence-electron chi connectivity index (χ3n) is 5.21. The molecule has 0 spiro atoms. The zero-order valence-corrected chi connectivity index (χ0v) is 17.2. The largest absolute Gasteiger partial charge is 0.383 e. The second kappa shape index (κ2) is 12.2. The summed E-state index contributed by atoms with van der Waals surface area (Å²) in [5, 5.41) is 3.23. The van der Waals surface area contributed by atoms with E-state index in [0.29, 0.717) is 17.3 Å². The van der Waals surface area contributed by atoms with Gasteiger partial charge in [-0.05, 0) is 18.6 Å². The first kappa shape index (κ1) is 22.0. The van der Waals surface area contributed by atoms with E-state index in [0.717, 1.165) is 12.8 Å². The Balaban J connectivity index is 1.64. The molecule has 28 heavy (non-hydrogen) atoms. The minimum absolute atomic E-state index is 0.150. The van der Waals surface area contributed by atoms with E-state index in [1.165, 1.54) is 57.8 Å². The van der Waals surface area contributed by atoms with Gasteiger partial charge < -0.3 is 16.0 Å². The number of fused-ring (bicyclic) bond motifs is 1. The molecule has 0 saturated heterocycles. The molecule has 0 aliphatic heterocycles. The molecule has 1 amide bonds. The van der Waals surface area contributed by atoms with Gasteiger partial charge in [0.05, 0.1) is 5.52 Å². The number of H-pyrrole nitrogens is 1. The highest BCUT2D eigenvalue weighted by Crippen LogP contribution is 2.17. The predicted molar refractivity (Wildman–Crippen MR) is 119 cm³/mol. The maximum absolute atomic E-state index is 12.5. The Morgan fingerprint density at radius 1 is 0.929 bits per heavy atom. The lowest BCUT2D eigenvalue weighted by Gasteiger charge is -2.09. The molecule has 0 aliphatic rings. The summed E-state index contributed by atoms with van der Waals surface area (Å²) in [6.07, 6.45) is 14.1. The van der Waals surface area contributed by atoms with Crippen LogP contribution in [0, 0.1) is 0 Å². The molecule has 0 bridgehead atoms. The summed E-state index contributed by atoms with van der Waals surface area (Å²) in [5.41, 5.74) is 6.52. The first-order valence-electron chi connectivity index (χ1n) is 10.8. The van der Waals surface area contributed by atoms with Gasteiger partial charge in [0.1, 0.15) is 11.5 Å². The topological polar surface area (TPSA) is 88.0 Å². The molecule has 0 radical (unpaired) electrons. The lowest BCUT2D eigenvalue weighted by Crippen LogP contribution is -2.20. The number of amides is 1. The number of carbonyl (C=O) groups is 1. The van der Waals surface area contributed by atoms with E-state index in [9.17, 15) is 9.59 Å². The molecular formula is C23H35N3O2. The average molecular weight is 386 g/mol.